The van der Waals surface area contributed by atoms with Crippen molar-refractivity contribution >= 4 is 5.78 Å². The van der Waals surface area contributed by atoms with E-state index in [0.29, 0.717) is 31.8 Å². The highest BCUT2D eigenvalue weighted by atomic mass is 16.7. The van der Waals surface area contributed by atoms with E-state index >= 15 is 0 Å². The monoisotopic (exact) mass is 286 g/mol. The van der Waals surface area contributed by atoms with Crippen LogP contribution >= 0.6 is 0 Å². The number of Topliss-reactive ketones (excluding diaryl/α,β-unsaturated/α-hetero) is 1. The Morgan fingerprint density at radius 1 is 0.800 bits per heavy atom. The van der Waals surface area contributed by atoms with Crippen LogP contribution in [0.4, 0.5) is 0 Å². The van der Waals surface area contributed by atoms with Gasteiger partial charge < -0.3 is 9.47 Å². The molecule has 0 heterocycles. The van der Waals surface area contributed by atoms with Crippen molar-refractivity contribution in [1.82, 2.24) is 0 Å². The smallest absolute Gasteiger partial charge is 0.157 e. The summed E-state index contributed by atoms with van der Waals surface area (Å²) in [6, 6.07) is 0. The number of hydrogen-bond acceptors (Lipinski definition) is 3. The Bertz CT molecular complexity index is 210. The van der Waals surface area contributed by atoms with E-state index in [2.05, 4.69) is 6.92 Å². The van der Waals surface area contributed by atoms with E-state index < -0.39 is 0 Å². The molecule has 0 radical (unpaired) electrons. The van der Waals surface area contributed by atoms with Crippen molar-refractivity contribution in [2.75, 3.05) is 13.2 Å². The zero-order valence-corrected chi connectivity index (χ0v) is 13.8. The van der Waals surface area contributed by atoms with Gasteiger partial charge in [0.05, 0.1) is 0 Å². The molecular weight excluding hydrogens is 252 g/mol. The van der Waals surface area contributed by atoms with Gasteiger partial charge in [-0.2, -0.15) is 0 Å². The molecule has 0 aromatic rings. The van der Waals surface area contributed by atoms with Crippen LogP contribution in [0, 0.1) is 0 Å². The Labute approximate surface area is 125 Å². The van der Waals surface area contributed by atoms with Crippen LogP contribution < -0.4 is 0 Å². The highest BCUT2D eigenvalue weighted by Gasteiger charge is 2.10. The molecule has 0 amide bonds. The van der Waals surface area contributed by atoms with Gasteiger partial charge in [0.2, 0.25) is 0 Å². The van der Waals surface area contributed by atoms with Gasteiger partial charge in [-0.1, -0.05) is 45.4 Å². The number of unbranched alkanes of at least 4 members (excludes halogenated alkanes) is 6. The summed E-state index contributed by atoms with van der Waals surface area (Å²) in [4.78, 5) is 11.8. The molecule has 20 heavy (non-hydrogen) atoms. The molecule has 0 rings (SSSR count). The van der Waals surface area contributed by atoms with Crippen molar-refractivity contribution in [1.29, 1.82) is 0 Å². The van der Waals surface area contributed by atoms with Crippen LogP contribution in [0.25, 0.3) is 0 Å². The third-order valence-corrected chi connectivity index (χ3v) is 3.42. The van der Waals surface area contributed by atoms with Gasteiger partial charge in [0.1, 0.15) is 5.78 Å². The Morgan fingerprint density at radius 3 is 1.90 bits per heavy atom. The van der Waals surface area contributed by atoms with Crippen LogP contribution in [0.3, 0.4) is 0 Å². The standard InChI is InChI=1S/C17H34O3/c1-4-7-8-9-10-11-12-13-16(18)14-15-17(19-5-2)20-6-3/h17H,4-15H2,1-3H3. The van der Waals surface area contributed by atoms with Gasteiger partial charge in [0.25, 0.3) is 0 Å². The topological polar surface area (TPSA) is 35.5 Å². The summed E-state index contributed by atoms with van der Waals surface area (Å²) in [5, 5.41) is 0. The highest BCUT2D eigenvalue weighted by Crippen LogP contribution is 2.11. The van der Waals surface area contributed by atoms with Crippen molar-refractivity contribution in [3.05, 3.63) is 0 Å². The molecular formula is C17H34O3. The second-order valence-electron chi connectivity index (χ2n) is 5.29. The minimum atomic E-state index is -0.206. The van der Waals surface area contributed by atoms with Gasteiger partial charge in [-0.05, 0) is 20.3 Å². The van der Waals surface area contributed by atoms with E-state index in [1.807, 2.05) is 13.8 Å². The van der Waals surface area contributed by atoms with Crippen molar-refractivity contribution in [2.24, 2.45) is 0 Å². The number of carbonyl (C=O) groups is 1. The van der Waals surface area contributed by atoms with Gasteiger partial charge in [-0.15, -0.1) is 0 Å². The molecule has 0 aliphatic heterocycles. The number of carbonyl (C=O) groups excluding carboxylic acids is 1. The summed E-state index contributed by atoms with van der Waals surface area (Å²) in [5.74, 6) is 0.350. The van der Waals surface area contributed by atoms with E-state index in [4.69, 9.17) is 9.47 Å². The van der Waals surface area contributed by atoms with Crippen molar-refractivity contribution in [3.8, 4) is 0 Å². The summed E-state index contributed by atoms with van der Waals surface area (Å²) >= 11 is 0. The van der Waals surface area contributed by atoms with Crippen molar-refractivity contribution in [2.45, 2.75) is 91.3 Å². The van der Waals surface area contributed by atoms with Gasteiger partial charge in [-0.25, -0.2) is 0 Å². The maximum atomic E-state index is 11.8. The molecule has 0 N–H and O–H groups in total. The predicted molar refractivity (Wildman–Crippen MR) is 83.9 cm³/mol. The van der Waals surface area contributed by atoms with Crippen LogP contribution in [0.15, 0.2) is 0 Å². The Morgan fingerprint density at radius 2 is 1.35 bits per heavy atom. The molecule has 0 aliphatic rings. The molecule has 0 aromatic heterocycles. The largest absolute Gasteiger partial charge is 0.353 e. The molecule has 0 fully saturated rings. The normalized spacial score (nSPS) is 11.2. The molecule has 0 aliphatic carbocycles. The van der Waals surface area contributed by atoms with Gasteiger partial charge in [-0.3, -0.25) is 4.79 Å². The first-order valence-corrected chi connectivity index (χ1v) is 8.49. The third-order valence-electron chi connectivity index (χ3n) is 3.42. The minimum absolute atomic E-state index is 0.206. The second kappa shape index (κ2) is 15.0. The van der Waals surface area contributed by atoms with Crippen LogP contribution in [0.1, 0.15) is 85.0 Å². The summed E-state index contributed by atoms with van der Waals surface area (Å²) in [6.45, 7) is 7.41. The zero-order valence-electron chi connectivity index (χ0n) is 13.8. The first-order chi connectivity index (χ1) is 9.74. The number of ether oxygens (including phenoxy) is 2. The number of ketones is 1. The SMILES string of the molecule is CCCCCCCCCC(=O)CCC(OCC)OCC. The fraction of sp³-hybridized carbons (Fsp3) is 0.941. The molecule has 0 unspecified atom stereocenters. The summed E-state index contributed by atoms with van der Waals surface area (Å²) in [6.07, 6.45) is 10.6. The zero-order chi connectivity index (χ0) is 15.1. The summed E-state index contributed by atoms with van der Waals surface area (Å²) < 4.78 is 10.9. The quantitative estimate of drug-likeness (QED) is 0.318. The lowest BCUT2D eigenvalue weighted by Crippen LogP contribution is -2.18. The van der Waals surface area contributed by atoms with Gasteiger partial charge >= 0.3 is 0 Å². The fourth-order valence-corrected chi connectivity index (χ4v) is 2.27. The molecule has 3 nitrogen and oxygen atoms in total. The molecule has 0 atom stereocenters. The van der Waals surface area contributed by atoms with E-state index in [-0.39, 0.29) is 6.29 Å². The molecule has 0 aromatic carbocycles. The summed E-state index contributed by atoms with van der Waals surface area (Å²) in [5.41, 5.74) is 0. The average molecular weight is 286 g/mol. The Balaban J connectivity index is 3.47. The average Bonchev–Trinajstić information content (AvgIpc) is 2.44. The summed E-state index contributed by atoms with van der Waals surface area (Å²) in [7, 11) is 0. The number of hydrogen-bond donors (Lipinski definition) is 0. The lowest BCUT2D eigenvalue weighted by Gasteiger charge is -2.16. The highest BCUT2D eigenvalue weighted by molar-refractivity contribution is 5.78. The van der Waals surface area contributed by atoms with Crippen LogP contribution in [-0.4, -0.2) is 25.3 Å². The maximum absolute atomic E-state index is 11.8. The van der Waals surface area contributed by atoms with E-state index in [9.17, 15) is 4.79 Å². The lowest BCUT2D eigenvalue weighted by molar-refractivity contribution is -0.144. The molecule has 0 saturated heterocycles. The van der Waals surface area contributed by atoms with Crippen molar-refractivity contribution in [3.63, 3.8) is 0 Å². The van der Waals surface area contributed by atoms with Gasteiger partial charge in [0, 0.05) is 32.5 Å². The fourth-order valence-electron chi connectivity index (χ4n) is 2.27. The predicted octanol–water partition coefficient (Wildman–Crippen LogP) is 4.88. The molecule has 0 spiro atoms. The first-order valence-electron chi connectivity index (χ1n) is 8.49. The lowest BCUT2D eigenvalue weighted by atomic mass is 10.0. The van der Waals surface area contributed by atoms with E-state index in [1.54, 1.807) is 0 Å². The van der Waals surface area contributed by atoms with Crippen LogP contribution in [0.2, 0.25) is 0 Å². The minimum Gasteiger partial charge on any atom is -0.353 e. The third kappa shape index (κ3) is 12.6. The number of rotatable bonds is 15. The molecule has 0 saturated carbocycles. The Kier molecular flexibility index (Phi) is 14.7. The molecule has 0 bridgehead atoms. The molecule has 3 heteroatoms. The van der Waals surface area contributed by atoms with E-state index in [0.717, 1.165) is 12.8 Å². The van der Waals surface area contributed by atoms with Crippen LogP contribution in [0.5, 0.6) is 0 Å². The van der Waals surface area contributed by atoms with Crippen LogP contribution in [-0.2, 0) is 14.3 Å². The van der Waals surface area contributed by atoms with E-state index in [1.165, 1.54) is 38.5 Å². The molecule has 120 valence electrons. The first kappa shape index (κ1) is 19.6. The maximum Gasteiger partial charge on any atom is 0.157 e. The van der Waals surface area contributed by atoms with Gasteiger partial charge in [0.15, 0.2) is 6.29 Å². The Hall–Kier alpha value is -0.410. The second-order valence-corrected chi connectivity index (χ2v) is 5.29. The van der Waals surface area contributed by atoms with Crippen molar-refractivity contribution < 1.29 is 14.3 Å².